The van der Waals surface area contributed by atoms with Gasteiger partial charge in [-0.1, -0.05) is 12.8 Å². The molecule has 1 atom stereocenters. The van der Waals surface area contributed by atoms with Crippen LogP contribution in [0, 0.1) is 5.92 Å². The van der Waals surface area contributed by atoms with Crippen LogP contribution in [0.1, 0.15) is 56.6 Å². The third-order valence-corrected chi connectivity index (χ3v) is 6.16. The number of fused-ring (bicyclic) bond motifs is 1. The molecule has 5 heteroatoms. The molecule has 1 aliphatic carbocycles. The van der Waals surface area contributed by atoms with Crippen molar-refractivity contribution in [3.63, 3.8) is 0 Å². The highest BCUT2D eigenvalue weighted by atomic mass is 16.5. The number of aliphatic hydroxyl groups excluding tert-OH is 1. The van der Waals surface area contributed by atoms with Crippen molar-refractivity contribution in [3.05, 3.63) is 23.8 Å². The maximum absolute atomic E-state index is 12.6. The lowest BCUT2D eigenvalue weighted by atomic mass is 9.81. The number of ether oxygens (including phenoxy) is 2. The second-order valence-corrected chi connectivity index (χ2v) is 7.72. The van der Waals surface area contributed by atoms with Crippen LogP contribution in [-0.2, 0) is 4.79 Å². The van der Waals surface area contributed by atoms with Crippen LogP contribution in [0.15, 0.2) is 18.2 Å². The predicted octanol–water partition coefficient (Wildman–Crippen LogP) is 3.06. The van der Waals surface area contributed by atoms with Crippen LogP contribution in [0.5, 0.6) is 11.5 Å². The first kappa shape index (κ1) is 16.7. The zero-order valence-electron chi connectivity index (χ0n) is 14.9. The van der Waals surface area contributed by atoms with Crippen molar-refractivity contribution in [1.29, 1.82) is 0 Å². The summed E-state index contributed by atoms with van der Waals surface area (Å²) in [4.78, 5) is 14.6. The molecule has 1 aromatic carbocycles. The van der Waals surface area contributed by atoms with Crippen LogP contribution in [0.4, 0.5) is 0 Å². The molecule has 1 N–H and O–H groups in total. The third-order valence-electron chi connectivity index (χ3n) is 6.16. The minimum absolute atomic E-state index is 0.233. The Labute approximate surface area is 148 Å². The van der Waals surface area contributed by atoms with Crippen LogP contribution >= 0.6 is 0 Å². The number of hydrogen-bond acceptors (Lipinski definition) is 4. The van der Waals surface area contributed by atoms with Crippen LogP contribution < -0.4 is 9.47 Å². The second kappa shape index (κ2) is 6.52. The summed E-state index contributed by atoms with van der Waals surface area (Å²) in [6, 6.07) is 5.59. The summed E-state index contributed by atoms with van der Waals surface area (Å²) < 4.78 is 11.6. The standard InChI is InChI=1S/C20H27NO4/c1-24-15-6-7-16-17(22)13-20(25-18(16)12-15)8-10-21(11-9-20)19(23)14-4-2-3-5-14/h6-7,12,14,17,22H,2-5,8-11,13H2,1H3. The fraction of sp³-hybridized carbons (Fsp3) is 0.650. The molecule has 4 rings (SSSR count). The molecule has 2 aliphatic heterocycles. The number of hydrogen-bond donors (Lipinski definition) is 1. The van der Waals surface area contributed by atoms with Gasteiger partial charge in [-0.2, -0.15) is 0 Å². The molecule has 3 aliphatic rings. The Hall–Kier alpha value is -1.75. The average Bonchev–Trinajstić information content (AvgIpc) is 3.16. The number of benzene rings is 1. The van der Waals surface area contributed by atoms with E-state index in [4.69, 9.17) is 9.47 Å². The van der Waals surface area contributed by atoms with Gasteiger partial charge in [0.25, 0.3) is 0 Å². The molecule has 2 fully saturated rings. The number of piperidine rings is 1. The van der Waals surface area contributed by atoms with Crippen molar-refractivity contribution >= 4 is 5.91 Å². The Morgan fingerprint density at radius 3 is 2.68 bits per heavy atom. The van der Waals surface area contributed by atoms with Gasteiger partial charge in [0.2, 0.25) is 5.91 Å². The summed E-state index contributed by atoms with van der Waals surface area (Å²) >= 11 is 0. The van der Waals surface area contributed by atoms with E-state index in [0.29, 0.717) is 18.1 Å². The van der Waals surface area contributed by atoms with E-state index < -0.39 is 6.10 Å². The summed E-state index contributed by atoms with van der Waals surface area (Å²) in [6.45, 7) is 1.45. The van der Waals surface area contributed by atoms with Crippen molar-refractivity contribution in [2.45, 2.75) is 56.7 Å². The molecule has 1 unspecified atom stereocenters. The minimum atomic E-state index is -0.522. The Balaban J connectivity index is 1.46. The van der Waals surface area contributed by atoms with Gasteiger partial charge < -0.3 is 19.5 Å². The minimum Gasteiger partial charge on any atom is -0.497 e. The molecule has 1 spiro atoms. The number of amides is 1. The van der Waals surface area contributed by atoms with E-state index in [2.05, 4.69) is 0 Å². The summed E-state index contributed by atoms with van der Waals surface area (Å²) in [5.41, 5.74) is 0.460. The van der Waals surface area contributed by atoms with Gasteiger partial charge in [-0.25, -0.2) is 0 Å². The van der Waals surface area contributed by atoms with Crippen molar-refractivity contribution in [2.24, 2.45) is 5.92 Å². The van der Waals surface area contributed by atoms with Crippen molar-refractivity contribution in [2.75, 3.05) is 20.2 Å². The van der Waals surface area contributed by atoms with E-state index >= 15 is 0 Å². The molecule has 0 aromatic heterocycles. The monoisotopic (exact) mass is 345 g/mol. The highest BCUT2D eigenvalue weighted by Gasteiger charge is 2.44. The molecule has 136 valence electrons. The van der Waals surface area contributed by atoms with E-state index in [1.807, 2.05) is 23.1 Å². The summed E-state index contributed by atoms with van der Waals surface area (Å²) in [7, 11) is 1.63. The SMILES string of the molecule is COc1ccc2c(c1)OC1(CCN(C(=O)C3CCCC3)CC1)CC2O. The van der Waals surface area contributed by atoms with Crippen LogP contribution in [0.3, 0.4) is 0 Å². The van der Waals surface area contributed by atoms with E-state index in [-0.39, 0.29) is 11.5 Å². The highest BCUT2D eigenvalue weighted by molar-refractivity contribution is 5.79. The maximum Gasteiger partial charge on any atom is 0.225 e. The summed E-state index contributed by atoms with van der Waals surface area (Å²) in [6.07, 6.45) is 6.08. The van der Waals surface area contributed by atoms with Crippen molar-refractivity contribution in [1.82, 2.24) is 4.90 Å². The predicted molar refractivity (Wildman–Crippen MR) is 93.7 cm³/mol. The topological polar surface area (TPSA) is 59.0 Å². The first-order valence-corrected chi connectivity index (χ1v) is 9.44. The number of likely N-dealkylation sites (tertiary alicyclic amines) is 1. The number of carbonyl (C=O) groups excluding carboxylic acids is 1. The first-order chi connectivity index (χ1) is 12.1. The van der Waals surface area contributed by atoms with Crippen LogP contribution in [-0.4, -0.2) is 41.7 Å². The molecule has 0 bridgehead atoms. The number of carbonyl (C=O) groups is 1. The highest BCUT2D eigenvalue weighted by Crippen LogP contribution is 2.45. The Morgan fingerprint density at radius 2 is 2.00 bits per heavy atom. The first-order valence-electron chi connectivity index (χ1n) is 9.44. The average molecular weight is 345 g/mol. The Kier molecular flexibility index (Phi) is 4.36. The van der Waals surface area contributed by atoms with Gasteiger partial charge in [0.1, 0.15) is 17.1 Å². The number of methoxy groups -OCH3 is 1. The molecule has 1 saturated carbocycles. The zero-order chi connectivity index (χ0) is 17.4. The smallest absolute Gasteiger partial charge is 0.225 e. The second-order valence-electron chi connectivity index (χ2n) is 7.72. The van der Waals surface area contributed by atoms with Gasteiger partial charge >= 0.3 is 0 Å². The number of aliphatic hydroxyl groups is 1. The fourth-order valence-electron chi connectivity index (χ4n) is 4.61. The van der Waals surface area contributed by atoms with Gasteiger partial charge in [0.05, 0.1) is 13.2 Å². The molecular formula is C20H27NO4. The largest absolute Gasteiger partial charge is 0.497 e. The van der Waals surface area contributed by atoms with Crippen LogP contribution in [0.25, 0.3) is 0 Å². The van der Waals surface area contributed by atoms with E-state index in [1.165, 1.54) is 12.8 Å². The van der Waals surface area contributed by atoms with Gasteiger partial charge in [0.15, 0.2) is 0 Å². The molecule has 5 nitrogen and oxygen atoms in total. The summed E-state index contributed by atoms with van der Waals surface area (Å²) in [5.74, 6) is 2.01. The lowest BCUT2D eigenvalue weighted by Crippen LogP contribution is -2.52. The molecule has 1 aromatic rings. The lowest BCUT2D eigenvalue weighted by molar-refractivity contribution is -0.140. The van der Waals surface area contributed by atoms with Gasteiger partial charge in [-0.15, -0.1) is 0 Å². The Morgan fingerprint density at radius 1 is 1.28 bits per heavy atom. The molecule has 1 saturated heterocycles. The third kappa shape index (κ3) is 3.10. The molecular weight excluding hydrogens is 318 g/mol. The number of rotatable bonds is 2. The van der Waals surface area contributed by atoms with Gasteiger partial charge in [0, 0.05) is 49.9 Å². The van der Waals surface area contributed by atoms with Crippen molar-refractivity contribution < 1.29 is 19.4 Å². The number of nitrogens with zero attached hydrogens (tertiary/aromatic N) is 1. The molecule has 2 heterocycles. The van der Waals surface area contributed by atoms with Gasteiger partial charge in [-0.05, 0) is 25.0 Å². The van der Waals surface area contributed by atoms with E-state index in [0.717, 1.165) is 50.1 Å². The maximum atomic E-state index is 12.6. The molecule has 0 radical (unpaired) electrons. The zero-order valence-corrected chi connectivity index (χ0v) is 14.9. The lowest BCUT2D eigenvalue weighted by Gasteiger charge is -2.46. The Bertz CT molecular complexity index is 645. The van der Waals surface area contributed by atoms with Crippen LogP contribution in [0.2, 0.25) is 0 Å². The van der Waals surface area contributed by atoms with E-state index in [9.17, 15) is 9.90 Å². The molecule has 1 amide bonds. The van der Waals surface area contributed by atoms with Crippen molar-refractivity contribution in [3.8, 4) is 11.5 Å². The fourth-order valence-corrected chi connectivity index (χ4v) is 4.61. The van der Waals surface area contributed by atoms with E-state index in [1.54, 1.807) is 7.11 Å². The van der Waals surface area contributed by atoms with Gasteiger partial charge in [-0.3, -0.25) is 4.79 Å². The summed E-state index contributed by atoms with van der Waals surface area (Å²) in [5, 5.41) is 10.6. The molecule has 25 heavy (non-hydrogen) atoms. The quantitative estimate of drug-likeness (QED) is 0.895. The normalized spacial score (nSPS) is 25.5.